The molecule has 6 rings (SSSR count). The van der Waals surface area contributed by atoms with Gasteiger partial charge in [-0.2, -0.15) is 0 Å². The topological polar surface area (TPSA) is 0 Å². The van der Waals surface area contributed by atoms with E-state index in [0.717, 1.165) is 0 Å². The molecule has 1 fully saturated rings. The van der Waals surface area contributed by atoms with Crippen molar-refractivity contribution in [1.82, 2.24) is 0 Å². The fourth-order valence-electron chi connectivity index (χ4n) is 8.21. The summed E-state index contributed by atoms with van der Waals surface area (Å²) in [6, 6.07) is 26.5. The Morgan fingerprint density at radius 1 is 0.714 bits per heavy atom. The van der Waals surface area contributed by atoms with Crippen LogP contribution in [0, 0.1) is 5.92 Å². The second-order valence-corrected chi connectivity index (χ2v) is 26.0. The molecule has 3 aromatic rings. The van der Waals surface area contributed by atoms with E-state index in [4.69, 9.17) is 6.58 Å². The van der Waals surface area contributed by atoms with Crippen LogP contribution in [0.1, 0.15) is 105 Å². The standard InChI is InChI=1S/C21H25.C8H13.C7H7.C5H5.Zr/c1-20(2,3)16-7-9-18-14(12-16)11-15-13-17(21(4,5)6)8-10-19(15)18;1-2-8-6-4-3-5-7-8;1-7-5-3-2-4-6-7;1-2-4-5-3-1;/h7-13H,1-6H3;8H,1,3-7H2;2-6H,1H2;1-5H;. The van der Waals surface area contributed by atoms with E-state index in [-0.39, 0.29) is 10.8 Å². The van der Waals surface area contributed by atoms with Crippen molar-refractivity contribution < 1.29 is 20.3 Å². The van der Waals surface area contributed by atoms with E-state index in [2.05, 4.69) is 133 Å². The molecule has 1 unspecified atom stereocenters. The molecule has 218 valence electrons. The molecule has 0 heterocycles. The minimum atomic E-state index is -3.54. The molecule has 0 amide bonds. The van der Waals surface area contributed by atoms with Gasteiger partial charge in [0.1, 0.15) is 0 Å². The molecule has 0 nitrogen and oxygen atoms in total. The molecule has 0 bridgehead atoms. The van der Waals surface area contributed by atoms with Crippen molar-refractivity contribution in [2.45, 2.75) is 95.9 Å². The van der Waals surface area contributed by atoms with Gasteiger partial charge in [-0.1, -0.05) is 0 Å². The summed E-state index contributed by atoms with van der Waals surface area (Å²) in [5.41, 5.74) is 10.8. The van der Waals surface area contributed by atoms with Gasteiger partial charge >= 0.3 is 262 Å². The van der Waals surface area contributed by atoms with E-state index in [0.29, 0.717) is 13.2 Å². The van der Waals surface area contributed by atoms with Crippen molar-refractivity contribution in [2.75, 3.05) is 0 Å². The van der Waals surface area contributed by atoms with Crippen LogP contribution in [-0.2, 0) is 35.2 Å². The molecule has 1 heteroatoms. The van der Waals surface area contributed by atoms with Crippen LogP contribution in [0.4, 0.5) is 0 Å². The first-order valence-corrected chi connectivity index (χ1v) is 22.2. The van der Waals surface area contributed by atoms with Crippen molar-refractivity contribution >= 4 is 0 Å². The third kappa shape index (κ3) is 5.34. The Balaban J connectivity index is 1.67. The number of hydrogen-bond donors (Lipinski definition) is 0. The number of hydrogen-bond acceptors (Lipinski definition) is 0. The van der Waals surface area contributed by atoms with E-state index in [1.54, 1.807) is 14.4 Å². The summed E-state index contributed by atoms with van der Waals surface area (Å²) in [7, 11) is 0. The summed E-state index contributed by atoms with van der Waals surface area (Å²) < 4.78 is 3.85. The third-order valence-electron chi connectivity index (χ3n) is 10.6. The second kappa shape index (κ2) is 11.4. The average molecular weight is 634 g/mol. The van der Waals surface area contributed by atoms with Gasteiger partial charge < -0.3 is 0 Å². The molecule has 0 aliphatic heterocycles. The summed E-state index contributed by atoms with van der Waals surface area (Å²) in [6.07, 6.45) is 16.6. The second-order valence-electron chi connectivity index (χ2n) is 15.4. The van der Waals surface area contributed by atoms with Crippen LogP contribution in [0.5, 0.6) is 0 Å². The van der Waals surface area contributed by atoms with Gasteiger partial charge in [0.05, 0.1) is 0 Å². The first kappa shape index (κ1) is 29.8. The van der Waals surface area contributed by atoms with Crippen molar-refractivity contribution in [3.05, 3.63) is 129 Å². The van der Waals surface area contributed by atoms with Crippen molar-refractivity contribution in [3.63, 3.8) is 0 Å². The molecule has 0 radical (unpaired) electrons. The van der Waals surface area contributed by atoms with Gasteiger partial charge in [0.2, 0.25) is 0 Å². The molecule has 0 aromatic heterocycles. The summed E-state index contributed by atoms with van der Waals surface area (Å²) in [6.45, 7) is 19.5. The number of allylic oxidation sites excluding steroid dienone is 5. The number of fused-ring (bicyclic) bond motifs is 3. The normalized spacial score (nSPS) is 19.1. The first-order chi connectivity index (χ1) is 20.0. The van der Waals surface area contributed by atoms with Crippen LogP contribution >= 0.6 is 0 Å². The predicted octanol–water partition coefficient (Wildman–Crippen LogP) is 11.7. The molecule has 0 saturated heterocycles. The predicted molar refractivity (Wildman–Crippen MR) is 179 cm³/mol. The third-order valence-corrected chi connectivity index (χ3v) is 25.0. The van der Waals surface area contributed by atoms with E-state index >= 15 is 0 Å². The maximum atomic E-state index is 5.25. The minimum absolute atomic E-state index is 0.107. The monoisotopic (exact) mass is 632 g/mol. The van der Waals surface area contributed by atoms with Gasteiger partial charge in [0, 0.05) is 0 Å². The van der Waals surface area contributed by atoms with Gasteiger partial charge in [-0.05, 0) is 0 Å². The Hall–Kier alpha value is -2.24. The Morgan fingerprint density at radius 2 is 1.24 bits per heavy atom. The van der Waals surface area contributed by atoms with Gasteiger partial charge in [0.25, 0.3) is 0 Å². The zero-order valence-corrected chi connectivity index (χ0v) is 29.3. The number of rotatable bonds is 6. The Morgan fingerprint density at radius 3 is 1.74 bits per heavy atom. The summed E-state index contributed by atoms with van der Waals surface area (Å²) in [5.74, 6) is 0.657. The van der Waals surface area contributed by atoms with Crippen molar-refractivity contribution in [1.29, 1.82) is 0 Å². The zero-order valence-electron chi connectivity index (χ0n) is 26.8. The molecule has 0 N–H and O–H groups in total. The summed E-state index contributed by atoms with van der Waals surface area (Å²) in [5, 5.41) is 0. The quantitative estimate of drug-likeness (QED) is 0.253. The molecule has 3 aliphatic carbocycles. The Kier molecular flexibility index (Phi) is 8.06. The molecular weight excluding hydrogens is 584 g/mol. The van der Waals surface area contributed by atoms with Crippen LogP contribution in [0.15, 0.2) is 101 Å². The number of benzene rings is 3. The molecule has 1 atom stereocenters. The fraction of sp³-hybridized carbons (Fsp3) is 0.415. The molecule has 42 heavy (non-hydrogen) atoms. The van der Waals surface area contributed by atoms with Gasteiger partial charge in [-0.15, -0.1) is 0 Å². The molecule has 1 saturated carbocycles. The van der Waals surface area contributed by atoms with Crippen LogP contribution in [0.25, 0.3) is 11.1 Å². The maximum absolute atomic E-state index is 5.25. The van der Waals surface area contributed by atoms with E-state index in [1.807, 2.05) is 0 Å². The molecule has 3 aromatic carbocycles. The van der Waals surface area contributed by atoms with Gasteiger partial charge in [-0.3, -0.25) is 0 Å². The summed E-state index contributed by atoms with van der Waals surface area (Å²) >= 11 is -3.54. The molecule has 3 aliphatic rings. The zero-order chi connectivity index (χ0) is 29.7. The van der Waals surface area contributed by atoms with Gasteiger partial charge in [0.15, 0.2) is 0 Å². The molecular formula is C41H50Zr. The SMILES string of the molecule is C=[C](C1CCCCC1)[Zr]([CH2]c1ccccc1)([CH]1C=CC=C1)[CH]1c2cc(C(C)(C)C)ccc2-c2ccc(C(C)(C)C)cc21. The van der Waals surface area contributed by atoms with E-state index in [1.165, 1.54) is 64.1 Å². The Labute approximate surface area is 260 Å². The van der Waals surface area contributed by atoms with Crippen molar-refractivity contribution in [3.8, 4) is 11.1 Å². The van der Waals surface area contributed by atoms with Crippen LogP contribution in [0.3, 0.4) is 0 Å². The summed E-state index contributed by atoms with van der Waals surface area (Å²) in [4.78, 5) is 0. The van der Waals surface area contributed by atoms with Crippen molar-refractivity contribution in [2.24, 2.45) is 5.92 Å². The fourth-order valence-corrected chi connectivity index (χ4v) is 23.7. The average Bonchev–Trinajstić information content (AvgIpc) is 3.62. The van der Waals surface area contributed by atoms with Gasteiger partial charge in [-0.25, -0.2) is 0 Å². The van der Waals surface area contributed by atoms with Crippen LogP contribution < -0.4 is 0 Å². The Bertz CT molecular complexity index is 1440. The molecule has 0 spiro atoms. The first-order valence-electron chi connectivity index (χ1n) is 16.4. The van der Waals surface area contributed by atoms with Crippen LogP contribution in [-0.4, -0.2) is 0 Å². The van der Waals surface area contributed by atoms with E-state index < -0.39 is 20.3 Å². The van der Waals surface area contributed by atoms with Crippen LogP contribution in [0.2, 0.25) is 3.63 Å². The van der Waals surface area contributed by atoms with E-state index in [9.17, 15) is 0 Å².